The molecule has 0 saturated heterocycles. The maximum atomic E-state index is 11.9. The number of ether oxygens (including phenoxy) is 1. The standard InChI is InChI=1S/C18H17NO4/c1-3-19-15-9-6-12(20)10-14(15)16(18(21)22)17(19)11-4-7-13(23-2)8-5-11/h4-10,20H,3H2,1-2H3,(H,21,22). The van der Waals surface area contributed by atoms with Gasteiger partial charge in [0.1, 0.15) is 11.5 Å². The van der Waals surface area contributed by atoms with Crippen LogP contribution in [-0.2, 0) is 6.54 Å². The third kappa shape index (κ3) is 2.40. The van der Waals surface area contributed by atoms with Crippen molar-refractivity contribution < 1.29 is 19.7 Å². The monoisotopic (exact) mass is 311 g/mol. The fraction of sp³-hybridized carbons (Fsp3) is 0.167. The van der Waals surface area contributed by atoms with Crippen LogP contribution in [0.5, 0.6) is 11.5 Å². The molecule has 0 aliphatic heterocycles. The zero-order valence-electron chi connectivity index (χ0n) is 12.9. The smallest absolute Gasteiger partial charge is 0.338 e. The molecule has 0 unspecified atom stereocenters. The lowest BCUT2D eigenvalue weighted by atomic mass is 10.0. The number of methoxy groups -OCH3 is 1. The SMILES string of the molecule is CCn1c(-c2ccc(OC)cc2)c(C(=O)O)c2cc(O)ccc21. The summed E-state index contributed by atoms with van der Waals surface area (Å²) in [6.07, 6.45) is 0. The number of aromatic hydroxyl groups is 1. The first-order valence-electron chi connectivity index (χ1n) is 7.29. The number of aromatic carboxylic acids is 1. The number of hydrogen-bond donors (Lipinski definition) is 2. The van der Waals surface area contributed by atoms with E-state index >= 15 is 0 Å². The largest absolute Gasteiger partial charge is 0.508 e. The first-order chi connectivity index (χ1) is 11.1. The fourth-order valence-corrected chi connectivity index (χ4v) is 2.94. The van der Waals surface area contributed by atoms with Crippen LogP contribution in [0, 0.1) is 0 Å². The van der Waals surface area contributed by atoms with Crippen LogP contribution in [0.1, 0.15) is 17.3 Å². The molecule has 0 bridgehead atoms. The van der Waals surface area contributed by atoms with E-state index in [1.54, 1.807) is 31.4 Å². The number of phenols is 1. The number of aromatic nitrogens is 1. The van der Waals surface area contributed by atoms with Crippen LogP contribution < -0.4 is 4.74 Å². The highest BCUT2D eigenvalue weighted by atomic mass is 16.5. The Bertz CT molecular complexity index is 878. The van der Waals surface area contributed by atoms with Crippen LogP contribution in [0.4, 0.5) is 0 Å². The number of carboxylic acids is 1. The Morgan fingerprint density at radius 1 is 1.17 bits per heavy atom. The van der Waals surface area contributed by atoms with Crippen molar-refractivity contribution in [3.8, 4) is 22.8 Å². The van der Waals surface area contributed by atoms with Gasteiger partial charge in [-0.3, -0.25) is 0 Å². The van der Waals surface area contributed by atoms with E-state index in [2.05, 4.69) is 0 Å². The van der Waals surface area contributed by atoms with Gasteiger partial charge < -0.3 is 19.5 Å². The minimum atomic E-state index is -1.02. The average molecular weight is 311 g/mol. The van der Waals surface area contributed by atoms with Crippen molar-refractivity contribution in [1.82, 2.24) is 4.57 Å². The van der Waals surface area contributed by atoms with Crippen LogP contribution in [0.15, 0.2) is 42.5 Å². The Hall–Kier alpha value is -2.95. The lowest BCUT2D eigenvalue weighted by Crippen LogP contribution is -2.02. The molecule has 0 amide bonds. The van der Waals surface area contributed by atoms with Crippen LogP contribution in [0.3, 0.4) is 0 Å². The second kappa shape index (κ2) is 5.68. The number of carboxylic acid groups (broad SMARTS) is 1. The van der Waals surface area contributed by atoms with E-state index in [1.807, 2.05) is 23.6 Å². The molecule has 0 spiro atoms. The topological polar surface area (TPSA) is 71.7 Å². The van der Waals surface area contributed by atoms with Gasteiger partial charge in [-0.2, -0.15) is 0 Å². The van der Waals surface area contributed by atoms with E-state index < -0.39 is 5.97 Å². The van der Waals surface area contributed by atoms with Gasteiger partial charge in [0.2, 0.25) is 0 Å². The van der Waals surface area contributed by atoms with Gasteiger partial charge in [-0.25, -0.2) is 4.79 Å². The normalized spacial score (nSPS) is 10.9. The van der Waals surface area contributed by atoms with Crippen molar-refractivity contribution in [1.29, 1.82) is 0 Å². The molecule has 5 heteroatoms. The molecular weight excluding hydrogens is 294 g/mol. The molecule has 0 radical (unpaired) electrons. The molecule has 3 aromatic rings. The summed E-state index contributed by atoms with van der Waals surface area (Å²) in [7, 11) is 1.59. The number of rotatable bonds is 4. The third-order valence-corrected chi connectivity index (χ3v) is 3.94. The Kier molecular flexibility index (Phi) is 3.70. The molecule has 2 aromatic carbocycles. The second-order valence-corrected chi connectivity index (χ2v) is 5.20. The van der Waals surface area contributed by atoms with Crippen molar-refractivity contribution in [2.24, 2.45) is 0 Å². The zero-order chi connectivity index (χ0) is 16.6. The molecule has 2 N–H and O–H groups in total. The summed E-state index contributed by atoms with van der Waals surface area (Å²) in [5.41, 5.74) is 2.40. The van der Waals surface area contributed by atoms with Crippen LogP contribution >= 0.6 is 0 Å². The number of carbonyl (C=O) groups is 1. The van der Waals surface area contributed by atoms with Crippen molar-refractivity contribution in [2.45, 2.75) is 13.5 Å². The van der Waals surface area contributed by atoms with Gasteiger partial charge in [-0.05, 0) is 55.0 Å². The van der Waals surface area contributed by atoms with Crippen LogP contribution in [0.2, 0.25) is 0 Å². The first-order valence-corrected chi connectivity index (χ1v) is 7.29. The van der Waals surface area contributed by atoms with E-state index in [0.29, 0.717) is 23.4 Å². The minimum Gasteiger partial charge on any atom is -0.508 e. The van der Waals surface area contributed by atoms with E-state index in [9.17, 15) is 15.0 Å². The van der Waals surface area contributed by atoms with Gasteiger partial charge in [0, 0.05) is 17.4 Å². The summed E-state index contributed by atoms with van der Waals surface area (Å²) in [5.74, 6) is -0.254. The number of aryl methyl sites for hydroxylation is 1. The molecule has 0 aliphatic rings. The van der Waals surface area contributed by atoms with Crippen molar-refractivity contribution in [3.05, 3.63) is 48.0 Å². The number of fused-ring (bicyclic) bond motifs is 1. The Morgan fingerprint density at radius 3 is 2.43 bits per heavy atom. The molecule has 5 nitrogen and oxygen atoms in total. The number of phenolic OH excluding ortho intramolecular Hbond substituents is 1. The van der Waals surface area contributed by atoms with E-state index in [4.69, 9.17) is 4.74 Å². The van der Waals surface area contributed by atoms with Crippen molar-refractivity contribution in [3.63, 3.8) is 0 Å². The maximum Gasteiger partial charge on any atom is 0.338 e. The van der Waals surface area contributed by atoms with Gasteiger partial charge in [-0.1, -0.05) is 0 Å². The van der Waals surface area contributed by atoms with Gasteiger partial charge >= 0.3 is 5.97 Å². The van der Waals surface area contributed by atoms with Crippen LogP contribution in [-0.4, -0.2) is 27.9 Å². The summed E-state index contributed by atoms with van der Waals surface area (Å²) in [6.45, 7) is 2.58. The van der Waals surface area contributed by atoms with E-state index in [0.717, 1.165) is 11.1 Å². The Balaban J connectivity index is 2.37. The average Bonchev–Trinajstić information content (AvgIpc) is 2.88. The van der Waals surface area contributed by atoms with Gasteiger partial charge in [0.25, 0.3) is 0 Å². The zero-order valence-corrected chi connectivity index (χ0v) is 12.9. The lowest BCUT2D eigenvalue weighted by Gasteiger charge is -2.10. The van der Waals surface area contributed by atoms with Crippen molar-refractivity contribution in [2.75, 3.05) is 7.11 Å². The number of hydrogen-bond acceptors (Lipinski definition) is 3. The minimum absolute atomic E-state index is 0.0505. The molecule has 0 saturated carbocycles. The highest BCUT2D eigenvalue weighted by Gasteiger charge is 2.23. The number of benzene rings is 2. The second-order valence-electron chi connectivity index (χ2n) is 5.20. The third-order valence-electron chi connectivity index (χ3n) is 3.94. The molecular formula is C18H17NO4. The molecule has 118 valence electrons. The Labute approximate surface area is 133 Å². The van der Waals surface area contributed by atoms with Gasteiger partial charge in [-0.15, -0.1) is 0 Å². The van der Waals surface area contributed by atoms with E-state index in [-0.39, 0.29) is 11.3 Å². The van der Waals surface area contributed by atoms with Gasteiger partial charge in [0.15, 0.2) is 0 Å². The molecule has 0 aliphatic carbocycles. The molecule has 1 heterocycles. The van der Waals surface area contributed by atoms with Crippen molar-refractivity contribution >= 4 is 16.9 Å². The maximum absolute atomic E-state index is 11.9. The highest BCUT2D eigenvalue weighted by molar-refractivity contribution is 6.10. The molecule has 23 heavy (non-hydrogen) atoms. The fourth-order valence-electron chi connectivity index (χ4n) is 2.94. The summed E-state index contributed by atoms with van der Waals surface area (Å²) in [6, 6.07) is 12.1. The summed E-state index contributed by atoms with van der Waals surface area (Å²) in [4.78, 5) is 11.9. The number of nitrogens with zero attached hydrogens (tertiary/aromatic N) is 1. The molecule has 3 rings (SSSR count). The highest BCUT2D eigenvalue weighted by Crippen LogP contribution is 2.36. The molecule has 0 fully saturated rings. The lowest BCUT2D eigenvalue weighted by molar-refractivity contribution is 0.0699. The summed E-state index contributed by atoms with van der Waals surface area (Å²) < 4.78 is 7.10. The quantitative estimate of drug-likeness (QED) is 0.770. The summed E-state index contributed by atoms with van der Waals surface area (Å²) in [5, 5.41) is 20.0. The summed E-state index contributed by atoms with van der Waals surface area (Å²) >= 11 is 0. The molecule has 0 atom stereocenters. The molecule has 1 aromatic heterocycles. The predicted molar refractivity (Wildman–Crippen MR) is 88.2 cm³/mol. The first kappa shape index (κ1) is 15.0. The van der Waals surface area contributed by atoms with E-state index in [1.165, 1.54) is 6.07 Å². The van der Waals surface area contributed by atoms with Gasteiger partial charge in [0.05, 0.1) is 18.4 Å². The van der Waals surface area contributed by atoms with Crippen LogP contribution in [0.25, 0.3) is 22.2 Å². The predicted octanol–water partition coefficient (Wildman–Crippen LogP) is 3.74. The Morgan fingerprint density at radius 2 is 1.87 bits per heavy atom.